The fourth-order valence-electron chi connectivity index (χ4n) is 1.99. The van der Waals surface area contributed by atoms with E-state index in [0.29, 0.717) is 0 Å². The van der Waals surface area contributed by atoms with E-state index in [1.54, 1.807) is 0 Å². The number of nitrogens with zero attached hydrogens (tertiary/aromatic N) is 2. The number of hydrogen-bond acceptors (Lipinski definition) is 2. The van der Waals surface area contributed by atoms with Crippen molar-refractivity contribution in [2.75, 3.05) is 6.61 Å². The van der Waals surface area contributed by atoms with E-state index in [0.717, 1.165) is 25.0 Å². The summed E-state index contributed by atoms with van der Waals surface area (Å²) in [6.07, 6.45) is 2.92. The van der Waals surface area contributed by atoms with Gasteiger partial charge in [-0.3, -0.25) is 4.68 Å². The summed E-state index contributed by atoms with van der Waals surface area (Å²) < 4.78 is 1.92. The van der Waals surface area contributed by atoms with Gasteiger partial charge in [0.15, 0.2) is 0 Å². The minimum Gasteiger partial charge on any atom is -0.396 e. The number of hydrogen-bond donors (Lipinski definition) is 1. The maximum absolute atomic E-state index is 9.51. The van der Waals surface area contributed by atoms with Crippen LogP contribution in [-0.4, -0.2) is 21.5 Å². The van der Waals surface area contributed by atoms with E-state index < -0.39 is 0 Å². The summed E-state index contributed by atoms with van der Waals surface area (Å²) >= 11 is 0. The zero-order valence-electron chi connectivity index (χ0n) is 10.2. The maximum atomic E-state index is 9.51. The van der Waals surface area contributed by atoms with Crippen LogP contribution in [-0.2, 0) is 13.5 Å². The summed E-state index contributed by atoms with van der Waals surface area (Å²) in [5.41, 5.74) is 2.29. The van der Waals surface area contributed by atoms with Crippen LogP contribution in [0.1, 0.15) is 38.1 Å². The normalized spacial score (nSPS) is 12.1. The monoisotopic (exact) mass is 210 g/mol. The van der Waals surface area contributed by atoms with Crippen LogP contribution in [0, 0.1) is 12.3 Å². The first-order chi connectivity index (χ1) is 7.06. The molecule has 1 N–H and O–H groups in total. The van der Waals surface area contributed by atoms with Gasteiger partial charge in [0, 0.05) is 19.3 Å². The second kappa shape index (κ2) is 4.79. The third-order valence-corrected chi connectivity index (χ3v) is 3.49. The molecule has 1 aromatic heterocycles. The van der Waals surface area contributed by atoms with Gasteiger partial charge < -0.3 is 5.11 Å². The minimum absolute atomic E-state index is 0.0280. The van der Waals surface area contributed by atoms with Crippen molar-refractivity contribution in [2.24, 2.45) is 12.5 Å². The molecule has 1 aromatic rings. The molecule has 0 spiro atoms. The Morgan fingerprint density at radius 2 is 2.00 bits per heavy atom. The summed E-state index contributed by atoms with van der Waals surface area (Å²) in [7, 11) is 1.97. The second-order valence-electron chi connectivity index (χ2n) is 4.44. The highest BCUT2D eigenvalue weighted by atomic mass is 16.3. The lowest BCUT2D eigenvalue weighted by molar-refractivity contribution is 0.113. The van der Waals surface area contributed by atoms with Crippen LogP contribution in [0.5, 0.6) is 0 Å². The average Bonchev–Trinajstić information content (AvgIpc) is 2.54. The zero-order valence-corrected chi connectivity index (χ0v) is 10.2. The first kappa shape index (κ1) is 12.2. The van der Waals surface area contributed by atoms with Crippen LogP contribution in [0.25, 0.3) is 0 Å². The Morgan fingerprint density at radius 1 is 1.40 bits per heavy atom. The molecule has 86 valence electrons. The van der Waals surface area contributed by atoms with Crippen LogP contribution in [0.15, 0.2) is 6.07 Å². The van der Waals surface area contributed by atoms with Crippen LogP contribution in [0.2, 0.25) is 0 Å². The lowest BCUT2D eigenvalue weighted by Crippen LogP contribution is -2.27. The Bertz CT molecular complexity index is 305. The SMILES string of the molecule is CCC(CC)(CO)Cc1cc(C)nn1C. The van der Waals surface area contributed by atoms with Gasteiger partial charge in [-0.15, -0.1) is 0 Å². The Balaban J connectivity index is 2.87. The van der Waals surface area contributed by atoms with Gasteiger partial charge in [-0.2, -0.15) is 5.10 Å². The maximum Gasteiger partial charge on any atom is 0.0596 e. The van der Waals surface area contributed by atoms with Gasteiger partial charge in [0.1, 0.15) is 0 Å². The minimum atomic E-state index is 0.0280. The van der Waals surface area contributed by atoms with Gasteiger partial charge in [0.25, 0.3) is 0 Å². The first-order valence-electron chi connectivity index (χ1n) is 5.67. The lowest BCUT2D eigenvalue weighted by atomic mass is 9.79. The number of rotatable bonds is 5. The molecule has 0 atom stereocenters. The highest BCUT2D eigenvalue weighted by molar-refractivity contribution is 5.10. The number of aromatic nitrogens is 2. The Kier molecular flexibility index (Phi) is 3.91. The van der Waals surface area contributed by atoms with Crippen molar-refractivity contribution in [2.45, 2.75) is 40.0 Å². The zero-order chi connectivity index (χ0) is 11.5. The van der Waals surface area contributed by atoms with Crippen molar-refractivity contribution in [1.82, 2.24) is 9.78 Å². The molecule has 1 heterocycles. The van der Waals surface area contributed by atoms with Crippen LogP contribution in [0.4, 0.5) is 0 Å². The summed E-state index contributed by atoms with van der Waals surface area (Å²) in [6, 6.07) is 2.11. The molecule has 3 nitrogen and oxygen atoms in total. The highest BCUT2D eigenvalue weighted by Gasteiger charge is 2.26. The summed E-state index contributed by atoms with van der Waals surface area (Å²) in [5.74, 6) is 0. The molecule has 0 aliphatic carbocycles. The van der Waals surface area contributed by atoms with Gasteiger partial charge >= 0.3 is 0 Å². The van der Waals surface area contributed by atoms with Gasteiger partial charge in [-0.1, -0.05) is 13.8 Å². The third-order valence-electron chi connectivity index (χ3n) is 3.49. The average molecular weight is 210 g/mol. The van der Waals surface area contributed by atoms with E-state index >= 15 is 0 Å². The summed E-state index contributed by atoms with van der Waals surface area (Å²) in [4.78, 5) is 0. The highest BCUT2D eigenvalue weighted by Crippen LogP contribution is 2.30. The van der Waals surface area contributed by atoms with Gasteiger partial charge in [0.05, 0.1) is 5.69 Å². The largest absolute Gasteiger partial charge is 0.396 e. The van der Waals surface area contributed by atoms with Crippen molar-refractivity contribution < 1.29 is 5.11 Å². The molecule has 3 heteroatoms. The Hall–Kier alpha value is -0.830. The molecular formula is C12H22N2O. The molecular weight excluding hydrogens is 188 g/mol. The second-order valence-corrected chi connectivity index (χ2v) is 4.44. The van der Waals surface area contributed by atoms with E-state index in [9.17, 15) is 5.11 Å². The van der Waals surface area contributed by atoms with Crippen molar-refractivity contribution in [3.05, 3.63) is 17.5 Å². The van der Waals surface area contributed by atoms with Crippen molar-refractivity contribution >= 4 is 0 Å². The lowest BCUT2D eigenvalue weighted by Gasteiger charge is -2.29. The Morgan fingerprint density at radius 3 is 2.33 bits per heavy atom. The first-order valence-corrected chi connectivity index (χ1v) is 5.67. The molecule has 15 heavy (non-hydrogen) atoms. The van der Waals surface area contributed by atoms with Crippen molar-refractivity contribution in [3.8, 4) is 0 Å². The Labute approximate surface area is 92.1 Å². The van der Waals surface area contributed by atoms with Crippen molar-refractivity contribution in [1.29, 1.82) is 0 Å². The predicted molar refractivity (Wildman–Crippen MR) is 61.7 cm³/mol. The number of aliphatic hydroxyl groups excluding tert-OH is 1. The van der Waals surface area contributed by atoms with Crippen LogP contribution < -0.4 is 0 Å². The molecule has 1 rings (SSSR count). The van der Waals surface area contributed by atoms with Gasteiger partial charge in [-0.05, 0) is 37.7 Å². The van der Waals surface area contributed by atoms with Gasteiger partial charge in [0.2, 0.25) is 0 Å². The summed E-state index contributed by atoms with van der Waals surface area (Å²) in [5, 5.41) is 13.8. The molecule has 0 fully saturated rings. The molecule has 0 radical (unpaired) electrons. The fraction of sp³-hybridized carbons (Fsp3) is 0.750. The van der Waals surface area contributed by atoms with Crippen LogP contribution >= 0.6 is 0 Å². The van der Waals surface area contributed by atoms with E-state index in [-0.39, 0.29) is 12.0 Å². The van der Waals surface area contributed by atoms with Crippen LogP contribution in [0.3, 0.4) is 0 Å². The topological polar surface area (TPSA) is 38.1 Å². The molecule has 0 saturated heterocycles. The van der Waals surface area contributed by atoms with E-state index in [1.807, 2.05) is 18.7 Å². The molecule has 0 aliphatic heterocycles. The van der Waals surface area contributed by atoms with E-state index in [4.69, 9.17) is 0 Å². The quantitative estimate of drug-likeness (QED) is 0.808. The molecule has 0 amide bonds. The molecule has 0 aromatic carbocycles. The molecule has 0 aliphatic rings. The van der Waals surface area contributed by atoms with Crippen molar-refractivity contribution in [3.63, 3.8) is 0 Å². The number of aryl methyl sites for hydroxylation is 2. The van der Waals surface area contributed by atoms with E-state index in [1.165, 1.54) is 5.69 Å². The number of aliphatic hydroxyl groups is 1. The predicted octanol–water partition coefficient (Wildman–Crippen LogP) is 2.07. The standard InChI is InChI=1S/C12H22N2O/c1-5-12(6-2,9-15)8-11-7-10(3)13-14(11)4/h7,15H,5-6,8-9H2,1-4H3. The molecule has 0 bridgehead atoms. The molecule has 0 unspecified atom stereocenters. The third kappa shape index (κ3) is 2.59. The van der Waals surface area contributed by atoms with Gasteiger partial charge in [-0.25, -0.2) is 0 Å². The smallest absolute Gasteiger partial charge is 0.0596 e. The summed E-state index contributed by atoms with van der Waals surface area (Å²) in [6.45, 7) is 6.54. The molecule has 0 saturated carbocycles. The van der Waals surface area contributed by atoms with E-state index in [2.05, 4.69) is 25.0 Å². The fourth-order valence-corrected chi connectivity index (χ4v) is 1.99.